The highest BCUT2D eigenvalue weighted by atomic mass is 32.1. The van der Waals surface area contributed by atoms with Crippen molar-refractivity contribution in [3.05, 3.63) is 70.4 Å². The van der Waals surface area contributed by atoms with Crippen molar-refractivity contribution < 1.29 is 9.66 Å². The zero-order valence-electron chi connectivity index (χ0n) is 14.8. The molecule has 0 radical (unpaired) electrons. The van der Waals surface area contributed by atoms with Crippen LogP contribution < -0.4 is 15.9 Å². The second-order valence-corrected chi connectivity index (χ2v) is 6.03. The number of rotatable bonds is 6. The van der Waals surface area contributed by atoms with E-state index in [0.29, 0.717) is 16.8 Å². The van der Waals surface area contributed by atoms with Crippen molar-refractivity contribution in [1.82, 2.24) is 15.2 Å². The Balaban J connectivity index is 2.11. The third-order valence-corrected chi connectivity index (χ3v) is 3.88. The molecular formula is C18H16N6O3S. The highest BCUT2D eigenvalue weighted by Crippen LogP contribution is 2.32. The van der Waals surface area contributed by atoms with Crippen LogP contribution in [-0.2, 0) is 0 Å². The van der Waals surface area contributed by atoms with Gasteiger partial charge in [0.1, 0.15) is 5.69 Å². The van der Waals surface area contributed by atoms with Gasteiger partial charge in [0, 0.05) is 23.4 Å². The number of hydrogen-bond acceptors (Lipinski definition) is 6. The minimum absolute atomic E-state index is 0.0216. The number of nitro groups is 1. The first-order valence-corrected chi connectivity index (χ1v) is 8.47. The van der Waals surface area contributed by atoms with Crippen LogP contribution in [0.2, 0.25) is 0 Å². The Hall–Kier alpha value is -3.79. The van der Waals surface area contributed by atoms with Crippen molar-refractivity contribution in [2.75, 3.05) is 7.11 Å². The first kappa shape index (κ1) is 19.0. The lowest BCUT2D eigenvalue weighted by molar-refractivity contribution is -0.385. The van der Waals surface area contributed by atoms with Gasteiger partial charge in [0.15, 0.2) is 10.9 Å². The Labute approximate surface area is 165 Å². The number of hydrogen-bond donors (Lipinski definition) is 2. The van der Waals surface area contributed by atoms with Gasteiger partial charge < -0.3 is 10.5 Å². The van der Waals surface area contributed by atoms with E-state index in [1.165, 1.54) is 25.5 Å². The van der Waals surface area contributed by atoms with Gasteiger partial charge in [-0.2, -0.15) is 10.2 Å². The normalized spacial score (nSPS) is 10.8. The fraction of sp³-hybridized carbons (Fsp3) is 0.0556. The van der Waals surface area contributed by atoms with Gasteiger partial charge in [-0.05, 0) is 36.5 Å². The summed E-state index contributed by atoms with van der Waals surface area (Å²) in [5.41, 5.74) is 10.2. The van der Waals surface area contributed by atoms with E-state index < -0.39 is 4.92 Å². The van der Waals surface area contributed by atoms with Crippen molar-refractivity contribution in [3.8, 4) is 22.7 Å². The van der Waals surface area contributed by atoms with Gasteiger partial charge in [-0.3, -0.25) is 15.5 Å². The Morgan fingerprint density at radius 3 is 2.75 bits per heavy atom. The molecular weight excluding hydrogens is 380 g/mol. The molecule has 0 fully saturated rings. The molecule has 0 unspecified atom stereocenters. The molecule has 0 saturated heterocycles. The van der Waals surface area contributed by atoms with E-state index >= 15 is 0 Å². The van der Waals surface area contributed by atoms with E-state index in [9.17, 15) is 10.1 Å². The number of thiocarbonyl (C=S) groups is 1. The quantitative estimate of drug-likeness (QED) is 0.284. The summed E-state index contributed by atoms with van der Waals surface area (Å²) in [4.78, 5) is 10.9. The number of ether oxygens (including phenoxy) is 1. The maximum absolute atomic E-state index is 11.4. The molecule has 0 amide bonds. The molecule has 0 saturated carbocycles. The molecule has 142 valence electrons. The molecule has 0 atom stereocenters. The van der Waals surface area contributed by atoms with Crippen LogP contribution in [0.3, 0.4) is 0 Å². The predicted molar refractivity (Wildman–Crippen MR) is 110 cm³/mol. The molecule has 2 aromatic carbocycles. The fourth-order valence-corrected chi connectivity index (χ4v) is 2.62. The molecule has 1 heterocycles. The minimum Gasteiger partial charge on any atom is -0.490 e. The highest BCUT2D eigenvalue weighted by molar-refractivity contribution is 7.80. The monoisotopic (exact) mass is 396 g/mol. The Kier molecular flexibility index (Phi) is 5.61. The molecule has 0 bridgehead atoms. The number of nitro benzene ring substituents is 1. The number of hydrazone groups is 1. The van der Waals surface area contributed by atoms with E-state index in [1.807, 2.05) is 30.3 Å². The second kappa shape index (κ2) is 8.27. The summed E-state index contributed by atoms with van der Waals surface area (Å²) in [5, 5.41) is 19.9. The molecule has 0 spiro atoms. The van der Waals surface area contributed by atoms with Crippen LogP contribution in [0.4, 0.5) is 5.69 Å². The van der Waals surface area contributed by atoms with Crippen molar-refractivity contribution >= 4 is 29.2 Å². The van der Waals surface area contributed by atoms with Crippen LogP contribution in [0.15, 0.2) is 59.8 Å². The molecule has 0 aliphatic heterocycles. The molecule has 28 heavy (non-hydrogen) atoms. The number of methoxy groups -OCH3 is 1. The number of para-hydroxylation sites is 1. The van der Waals surface area contributed by atoms with E-state index in [2.05, 4.69) is 15.6 Å². The van der Waals surface area contributed by atoms with Gasteiger partial charge in [-0.1, -0.05) is 18.2 Å². The van der Waals surface area contributed by atoms with Crippen LogP contribution in [-0.4, -0.2) is 33.1 Å². The summed E-state index contributed by atoms with van der Waals surface area (Å²) < 4.78 is 6.72. The SMILES string of the molecule is COc1ccc(-c2nn(-c3ccccc3)cc2/C=N/NC(N)=S)cc1[N+](=O)[O-]. The van der Waals surface area contributed by atoms with Crippen molar-refractivity contribution in [2.24, 2.45) is 10.8 Å². The number of nitrogens with two attached hydrogens (primary N) is 1. The molecule has 3 aromatic rings. The van der Waals surface area contributed by atoms with Crippen molar-refractivity contribution in [3.63, 3.8) is 0 Å². The predicted octanol–water partition coefficient (Wildman–Crippen LogP) is 2.62. The van der Waals surface area contributed by atoms with Crippen LogP contribution in [0.25, 0.3) is 16.9 Å². The van der Waals surface area contributed by atoms with E-state index in [4.69, 9.17) is 22.7 Å². The lowest BCUT2D eigenvalue weighted by Crippen LogP contribution is -2.24. The molecule has 10 heteroatoms. The summed E-state index contributed by atoms with van der Waals surface area (Å²) in [6.07, 6.45) is 3.25. The molecule has 3 rings (SSSR count). The van der Waals surface area contributed by atoms with Crippen LogP contribution in [0.1, 0.15) is 5.56 Å². The Morgan fingerprint density at radius 1 is 1.36 bits per heavy atom. The minimum atomic E-state index is -0.501. The average Bonchev–Trinajstić information content (AvgIpc) is 3.12. The maximum atomic E-state index is 11.4. The topological polar surface area (TPSA) is 121 Å². The standard InChI is InChI=1S/C18H16N6O3S/c1-27-16-8-7-12(9-15(16)24(25)26)17-13(10-20-21-18(19)28)11-23(22-17)14-5-3-2-4-6-14/h2-11H,1H3,(H3,19,21,28)/b20-10+. The number of nitrogens with zero attached hydrogens (tertiary/aromatic N) is 4. The van der Waals surface area contributed by atoms with Gasteiger partial charge in [-0.15, -0.1) is 0 Å². The van der Waals surface area contributed by atoms with E-state index in [0.717, 1.165) is 5.69 Å². The van der Waals surface area contributed by atoms with Gasteiger partial charge >= 0.3 is 5.69 Å². The second-order valence-electron chi connectivity index (χ2n) is 5.59. The smallest absolute Gasteiger partial charge is 0.311 e. The number of benzene rings is 2. The third kappa shape index (κ3) is 4.13. The summed E-state index contributed by atoms with van der Waals surface area (Å²) in [6.45, 7) is 0. The highest BCUT2D eigenvalue weighted by Gasteiger charge is 2.19. The van der Waals surface area contributed by atoms with Crippen LogP contribution >= 0.6 is 12.2 Å². The molecule has 3 N–H and O–H groups in total. The third-order valence-electron chi connectivity index (χ3n) is 3.79. The molecule has 0 aliphatic rings. The van der Waals surface area contributed by atoms with Gasteiger partial charge in [0.2, 0.25) is 0 Å². The molecule has 0 aliphatic carbocycles. The first-order valence-electron chi connectivity index (χ1n) is 8.06. The number of nitrogens with one attached hydrogen (secondary N) is 1. The van der Waals surface area contributed by atoms with Gasteiger partial charge in [0.25, 0.3) is 0 Å². The zero-order chi connectivity index (χ0) is 20.1. The zero-order valence-corrected chi connectivity index (χ0v) is 15.6. The van der Waals surface area contributed by atoms with E-state index in [-0.39, 0.29) is 16.5 Å². The number of aromatic nitrogens is 2. The largest absolute Gasteiger partial charge is 0.490 e. The van der Waals surface area contributed by atoms with Gasteiger partial charge in [0.05, 0.1) is 23.9 Å². The first-order chi connectivity index (χ1) is 13.5. The lowest BCUT2D eigenvalue weighted by Gasteiger charge is -2.04. The average molecular weight is 396 g/mol. The summed E-state index contributed by atoms with van der Waals surface area (Å²) in [5.74, 6) is 0.168. The van der Waals surface area contributed by atoms with E-state index in [1.54, 1.807) is 16.9 Å². The van der Waals surface area contributed by atoms with Crippen molar-refractivity contribution in [2.45, 2.75) is 0 Å². The van der Waals surface area contributed by atoms with Crippen LogP contribution in [0.5, 0.6) is 5.75 Å². The Bertz CT molecular complexity index is 1050. The van der Waals surface area contributed by atoms with Gasteiger partial charge in [-0.25, -0.2) is 4.68 Å². The lowest BCUT2D eigenvalue weighted by atomic mass is 10.1. The fourth-order valence-electron chi connectivity index (χ4n) is 2.56. The molecule has 1 aromatic heterocycles. The summed E-state index contributed by atoms with van der Waals surface area (Å²) in [6, 6.07) is 14.1. The Morgan fingerprint density at radius 2 is 2.11 bits per heavy atom. The summed E-state index contributed by atoms with van der Waals surface area (Å²) >= 11 is 4.74. The van der Waals surface area contributed by atoms with Crippen LogP contribution in [0, 0.1) is 10.1 Å². The maximum Gasteiger partial charge on any atom is 0.311 e. The molecule has 9 nitrogen and oxygen atoms in total. The van der Waals surface area contributed by atoms with Crippen molar-refractivity contribution in [1.29, 1.82) is 0 Å². The summed E-state index contributed by atoms with van der Waals surface area (Å²) in [7, 11) is 1.38.